The van der Waals surface area contributed by atoms with Gasteiger partial charge in [-0.05, 0) is 30.2 Å². The lowest BCUT2D eigenvalue weighted by atomic mass is 10.1. The number of methoxy groups -OCH3 is 1. The predicted octanol–water partition coefficient (Wildman–Crippen LogP) is 1.54. The smallest absolute Gasteiger partial charge is 0.173 e. The number of rotatable bonds is 6. The standard InChI is InChI=1S/C13H21N3O2/c1-9(2)7-15-8-10-4-5-12(18-3)11(6-10)13(14)16-17/h4-6,9,15,17H,7-8H2,1-3H3,(H2,14,16). The van der Waals surface area contributed by atoms with Crippen molar-refractivity contribution < 1.29 is 9.94 Å². The van der Waals surface area contributed by atoms with Crippen molar-refractivity contribution in [3.63, 3.8) is 0 Å². The SMILES string of the molecule is COc1ccc(CNCC(C)C)cc1C(N)=NO. The molecule has 0 aliphatic heterocycles. The molecule has 1 aromatic rings. The maximum absolute atomic E-state index is 8.74. The predicted molar refractivity (Wildman–Crippen MR) is 72.0 cm³/mol. The summed E-state index contributed by atoms with van der Waals surface area (Å²) in [5.41, 5.74) is 7.28. The molecular formula is C13H21N3O2. The van der Waals surface area contributed by atoms with Crippen LogP contribution in [0.5, 0.6) is 5.75 Å². The van der Waals surface area contributed by atoms with E-state index in [4.69, 9.17) is 15.7 Å². The van der Waals surface area contributed by atoms with Gasteiger partial charge in [-0.1, -0.05) is 25.1 Å². The van der Waals surface area contributed by atoms with Crippen molar-refractivity contribution in [2.24, 2.45) is 16.8 Å². The molecule has 0 aliphatic rings. The first-order chi connectivity index (χ1) is 8.58. The molecule has 0 spiro atoms. The highest BCUT2D eigenvalue weighted by Gasteiger charge is 2.08. The van der Waals surface area contributed by atoms with Gasteiger partial charge >= 0.3 is 0 Å². The molecular weight excluding hydrogens is 230 g/mol. The Morgan fingerprint density at radius 1 is 1.50 bits per heavy atom. The minimum absolute atomic E-state index is 0.0533. The van der Waals surface area contributed by atoms with Crippen LogP contribution in [0.3, 0.4) is 0 Å². The van der Waals surface area contributed by atoms with Gasteiger partial charge in [0.15, 0.2) is 5.84 Å². The molecule has 0 bridgehead atoms. The van der Waals surface area contributed by atoms with Crippen LogP contribution < -0.4 is 15.8 Å². The fourth-order valence-electron chi connectivity index (χ4n) is 1.62. The van der Waals surface area contributed by atoms with Crippen molar-refractivity contribution in [1.29, 1.82) is 0 Å². The summed E-state index contributed by atoms with van der Waals surface area (Å²) in [6, 6.07) is 5.64. The zero-order valence-electron chi connectivity index (χ0n) is 11.1. The number of amidine groups is 1. The molecule has 0 aliphatic carbocycles. The fourth-order valence-corrected chi connectivity index (χ4v) is 1.62. The number of hydrogen-bond acceptors (Lipinski definition) is 4. The maximum Gasteiger partial charge on any atom is 0.173 e. The summed E-state index contributed by atoms with van der Waals surface area (Å²) in [5.74, 6) is 1.25. The summed E-state index contributed by atoms with van der Waals surface area (Å²) in [5, 5.41) is 15.1. The number of nitrogens with one attached hydrogen (secondary N) is 1. The van der Waals surface area contributed by atoms with E-state index in [2.05, 4.69) is 24.3 Å². The molecule has 5 nitrogen and oxygen atoms in total. The molecule has 0 unspecified atom stereocenters. The molecule has 100 valence electrons. The second-order valence-electron chi connectivity index (χ2n) is 4.54. The molecule has 5 heteroatoms. The van der Waals surface area contributed by atoms with Gasteiger partial charge in [0, 0.05) is 6.54 Å². The quantitative estimate of drug-likeness (QED) is 0.310. The van der Waals surface area contributed by atoms with Crippen LogP contribution in [0.15, 0.2) is 23.4 Å². The maximum atomic E-state index is 8.74. The van der Waals surface area contributed by atoms with Gasteiger partial charge in [-0.15, -0.1) is 0 Å². The normalized spacial score (nSPS) is 11.9. The zero-order chi connectivity index (χ0) is 13.5. The molecule has 0 aromatic heterocycles. The lowest BCUT2D eigenvalue weighted by Crippen LogP contribution is -2.20. The van der Waals surface area contributed by atoms with E-state index in [0.717, 1.165) is 18.7 Å². The number of hydrogen-bond donors (Lipinski definition) is 3. The van der Waals surface area contributed by atoms with Crippen molar-refractivity contribution in [2.75, 3.05) is 13.7 Å². The van der Waals surface area contributed by atoms with Gasteiger partial charge < -0.3 is 21.0 Å². The molecule has 0 radical (unpaired) electrons. The van der Waals surface area contributed by atoms with Gasteiger partial charge in [-0.25, -0.2) is 0 Å². The van der Waals surface area contributed by atoms with Crippen LogP contribution in [0.25, 0.3) is 0 Å². The van der Waals surface area contributed by atoms with E-state index in [1.54, 1.807) is 7.11 Å². The third-order valence-electron chi connectivity index (χ3n) is 2.53. The van der Waals surface area contributed by atoms with Crippen LogP contribution in [0, 0.1) is 5.92 Å². The Morgan fingerprint density at radius 3 is 2.78 bits per heavy atom. The summed E-state index contributed by atoms with van der Waals surface area (Å²) in [6.07, 6.45) is 0. The molecule has 0 saturated carbocycles. The summed E-state index contributed by atoms with van der Waals surface area (Å²) in [6.45, 7) is 6.00. The van der Waals surface area contributed by atoms with Crippen LogP contribution in [0.1, 0.15) is 25.0 Å². The Labute approximate surface area is 108 Å². The van der Waals surface area contributed by atoms with Crippen molar-refractivity contribution in [3.05, 3.63) is 29.3 Å². The minimum atomic E-state index is 0.0533. The average molecular weight is 251 g/mol. The summed E-state index contributed by atoms with van der Waals surface area (Å²) in [4.78, 5) is 0. The molecule has 1 rings (SSSR count). The van der Waals surface area contributed by atoms with Crippen molar-refractivity contribution in [1.82, 2.24) is 5.32 Å². The average Bonchev–Trinajstić information content (AvgIpc) is 2.37. The number of nitrogens with two attached hydrogens (primary N) is 1. The summed E-state index contributed by atoms with van der Waals surface area (Å²) < 4.78 is 5.17. The zero-order valence-corrected chi connectivity index (χ0v) is 11.1. The van der Waals surface area contributed by atoms with Gasteiger partial charge in [-0.3, -0.25) is 0 Å². The van der Waals surface area contributed by atoms with Crippen LogP contribution in [-0.4, -0.2) is 24.7 Å². The second-order valence-corrected chi connectivity index (χ2v) is 4.54. The van der Waals surface area contributed by atoms with E-state index in [1.165, 1.54) is 0 Å². The Morgan fingerprint density at radius 2 is 2.22 bits per heavy atom. The van der Waals surface area contributed by atoms with Crippen LogP contribution >= 0.6 is 0 Å². The molecule has 4 N–H and O–H groups in total. The Kier molecular flexibility index (Phi) is 5.45. The second kappa shape index (κ2) is 6.86. The van der Waals surface area contributed by atoms with Gasteiger partial charge in [0.1, 0.15) is 5.75 Å². The minimum Gasteiger partial charge on any atom is -0.496 e. The third kappa shape index (κ3) is 3.92. The van der Waals surface area contributed by atoms with Gasteiger partial charge in [-0.2, -0.15) is 0 Å². The highest BCUT2D eigenvalue weighted by Crippen LogP contribution is 2.19. The first-order valence-electron chi connectivity index (χ1n) is 5.94. The summed E-state index contributed by atoms with van der Waals surface area (Å²) >= 11 is 0. The molecule has 18 heavy (non-hydrogen) atoms. The number of benzene rings is 1. The fraction of sp³-hybridized carbons (Fsp3) is 0.462. The van der Waals surface area contributed by atoms with E-state index >= 15 is 0 Å². The number of nitrogens with zero attached hydrogens (tertiary/aromatic N) is 1. The van der Waals surface area contributed by atoms with Crippen molar-refractivity contribution in [2.45, 2.75) is 20.4 Å². The lowest BCUT2D eigenvalue weighted by Gasteiger charge is -2.11. The third-order valence-corrected chi connectivity index (χ3v) is 2.53. The van der Waals surface area contributed by atoms with Crippen molar-refractivity contribution in [3.8, 4) is 5.75 Å². The van der Waals surface area contributed by atoms with Crippen LogP contribution in [0.4, 0.5) is 0 Å². The largest absolute Gasteiger partial charge is 0.496 e. The Hall–Kier alpha value is -1.75. The van der Waals surface area contributed by atoms with Gasteiger partial charge in [0.2, 0.25) is 0 Å². The van der Waals surface area contributed by atoms with E-state index in [-0.39, 0.29) is 5.84 Å². The van der Waals surface area contributed by atoms with E-state index in [1.807, 2.05) is 18.2 Å². The monoisotopic (exact) mass is 251 g/mol. The number of oxime groups is 1. The number of ether oxygens (including phenoxy) is 1. The lowest BCUT2D eigenvalue weighted by molar-refractivity contribution is 0.318. The van der Waals surface area contributed by atoms with E-state index < -0.39 is 0 Å². The Balaban J connectivity index is 2.83. The van der Waals surface area contributed by atoms with Crippen LogP contribution in [-0.2, 0) is 6.54 Å². The Bertz CT molecular complexity index is 417. The van der Waals surface area contributed by atoms with Gasteiger partial charge in [0.25, 0.3) is 0 Å². The topological polar surface area (TPSA) is 79.9 Å². The molecule has 0 fully saturated rings. The molecule has 1 aromatic carbocycles. The van der Waals surface area contributed by atoms with Gasteiger partial charge in [0.05, 0.1) is 12.7 Å². The highest BCUT2D eigenvalue weighted by molar-refractivity contribution is 5.99. The van der Waals surface area contributed by atoms with Crippen LogP contribution in [0.2, 0.25) is 0 Å². The first kappa shape index (κ1) is 14.3. The molecule has 0 saturated heterocycles. The first-order valence-corrected chi connectivity index (χ1v) is 5.94. The highest BCUT2D eigenvalue weighted by atomic mass is 16.5. The van der Waals surface area contributed by atoms with E-state index in [9.17, 15) is 0 Å². The van der Waals surface area contributed by atoms with Crippen molar-refractivity contribution >= 4 is 5.84 Å². The molecule has 0 amide bonds. The van der Waals surface area contributed by atoms with E-state index in [0.29, 0.717) is 17.2 Å². The molecule has 0 atom stereocenters. The molecule has 0 heterocycles. The summed E-state index contributed by atoms with van der Waals surface area (Å²) in [7, 11) is 1.56.